The lowest BCUT2D eigenvalue weighted by molar-refractivity contribution is 0.0185. The molecule has 1 aromatic carbocycles. The first-order valence-corrected chi connectivity index (χ1v) is 6.34. The van der Waals surface area contributed by atoms with Gasteiger partial charge in [-0.1, -0.05) is 0 Å². The van der Waals surface area contributed by atoms with Crippen LogP contribution >= 0.6 is 0 Å². The third-order valence-corrected chi connectivity index (χ3v) is 2.98. The number of rotatable bonds is 6. The van der Waals surface area contributed by atoms with Crippen molar-refractivity contribution in [3.63, 3.8) is 0 Å². The molecular weight excluding hydrogens is 242 g/mol. The fraction of sp³-hybridized carbons (Fsp3) is 0.500. The molecule has 3 N–H and O–H groups in total. The summed E-state index contributed by atoms with van der Waals surface area (Å²) in [5.74, 6) is 0. The molecule has 0 aliphatic rings. The van der Waals surface area contributed by atoms with E-state index in [9.17, 15) is 4.79 Å². The van der Waals surface area contributed by atoms with Crippen molar-refractivity contribution in [3.05, 3.63) is 24.3 Å². The second-order valence-electron chi connectivity index (χ2n) is 4.92. The Morgan fingerprint density at radius 3 is 2.32 bits per heavy atom. The van der Waals surface area contributed by atoms with Crippen LogP contribution in [0.25, 0.3) is 0 Å². The number of hydrogen-bond acceptors (Lipinski definition) is 3. The molecule has 0 spiro atoms. The highest BCUT2D eigenvalue weighted by atomic mass is 16.5. The Hall–Kier alpha value is -1.75. The average Bonchev–Trinajstić information content (AvgIpc) is 2.40. The number of anilines is 2. The van der Waals surface area contributed by atoms with Crippen LogP contribution in [0.1, 0.15) is 20.3 Å². The van der Waals surface area contributed by atoms with Gasteiger partial charge in [-0.3, -0.25) is 0 Å². The Balaban J connectivity index is 2.42. The molecule has 0 radical (unpaired) electrons. The summed E-state index contributed by atoms with van der Waals surface area (Å²) < 4.78 is 5.36. The normalized spacial score (nSPS) is 10.9. The fourth-order valence-electron chi connectivity index (χ4n) is 1.47. The molecule has 0 bridgehead atoms. The zero-order chi connectivity index (χ0) is 14.3. The van der Waals surface area contributed by atoms with Crippen molar-refractivity contribution in [1.82, 2.24) is 5.32 Å². The second kappa shape index (κ2) is 6.99. The van der Waals surface area contributed by atoms with Crippen LogP contribution in [0.5, 0.6) is 0 Å². The molecule has 0 aromatic heterocycles. The number of hydrogen-bond donors (Lipinski definition) is 3. The van der Waals surface area contributed by atoms with Crippen LogP contribution in [0, 0.1) is 0 Å². The van der Waals surface area contributed by atoms with Gasteiger partial charge in [0.1, 0.15) is 0 Å². The summed E-state index contributed by atoms with van der Waals surface area (Å²) in [5.41, 5.74) is 1.67. The fourth-order valence-corrected chi connectivity index (χ4v) is 1.47. The van der Waals surface area contributed by atoms with Gasteiger partial charge < -0.3 is 20.7 Å². The van der Waals surface area contributed by atoms with Gasteiger partial charge in [-0.25, -0.2) is 4.79 Å². The minimum atomic E-state index is -0.220. The number of methoxy groups -OCH3 is 1. The quantitative estimate of drug-likeness (QED) is 0.741. The molecule has 0 fully saturated rings. The van der Waals surface area contributed by atoms with Gasteiger partial charge in [-0.2, -0.15) is 0 Å². The van der Waals surface area contributed by atoms with Crippen molar-refractivity contribution < 1.29 is 9.53 Å². The highest BCUT2D eigenvalue weighted by Gasteiger charge is 2.15. The number of nitrogens with one attached hydrogen (secondary N) is 3. The number of benzene rings is 1. The lowest BCUT2D eigenvalue weighted by atomic mass is 10.1. The summed E-state index contributed by atoms with van der Waals surface area (Å²) in [5, 5.41) is 8.54. The molecule has 2 amide bonds. The molecule has 1 aromatic rings. The molecule has 0 atom stereocenters. The summed E-state index contributed by atoms with van der Waals surface area (Å²) in [7, 11) is 3.31. The van der Waals surface area contributed by atoms with Crippen LogP contribution in [0.15, 0.2) is 24.3 Å². The van der Waals surface area contributed by atoms with Crippen molar-refractivity contribution in [2.45, 2.75) is 25.9 Å². The van der Waals surface area contributed by atoms with E-state index in [1.165, 1.54) is 0 Å². The third kappa shape index (κ3) is 5.61. The van der Waals surface area contributed by atoms with Crippen molar-refractivity contribution in [2.24, 2.45) is 0 Å². The summed E-state index contributed by atoms with van der Waals surface area (Å²) in [6.45, 7) is 4.96. The first-order valence-electron chi connectivity index (χ1n) is 6.34. The smallest absolute Gasteiger partial charge is 0.318 e. The van der Waals surface area contributed by atoms with Crippen molar-refractivity contribution in [2.75, 3.05) is 31.3 Å². The van der Waals surface area contributed by atoms with E-state index in [-0.39, 0.29) is 11.6 Å². The maximum absolute atomic E-state index is 11.1. The summed E-state index contributed by atoms with van der Waals surface area (Å²) >= 11 is 0. The second-order valence-corrected chi connectivity index (χ2v) is 4.92. The molecule has 0 unspecified atom stereocenters. The molecule has 19 heavy (non-hydrogen) atoms. The third-order valence-electron chi connectivity index (χ3n) is 2.98. The lowest BCUT2D eigenvalue weighted by Gasteiger charge is -2.23. The van der Waals surface area contributed by atoms with E-state index in [1.54, 1.807) is 14.2 Å². The monoisotopic (exact) mass is 265 g/mol. The van der Waals surface area contributed by atoms with Gasteiger partial charge in [0, 0.05) is 32.1 Å². The van der Waals surface area contributed by atoms with Crippen LogP contribution in [-0.4, -0.2) is 32.3 Å². The van der Waals surface area contributed by atoms with Crippen molar-refractivity contribution in [3.8, 4) is 0 Å². The zero-order valence-corrected chi connectivity index (χ0v) is 12.0. The number of urea groups is 1. The van der Waals surface area contributed by atoms with Gasteiger partial charge in [0.25, 0.3) is 0 Å². The maximum atomic E-state index is 11.1. The van der Waals surface area contributed by atoms with E-state index in [0.717, 1.165) is 24.3 Å². The Bertz CT molecular complexity index is 402. The van der Waals surface area contributed by atoms with Gasteiger partial charge in [0.15, 0.2) is 0 Å². The minimum Gasteiger partial charge on any atom is -0.385 e. The first-order chi connectivity index (χ1) is 8.96. The first kappa shape index (κ1) is 15.3. The topological polar surface area (TPSA) is 62.4 Å². The highest BCUT2D eigenvalue weighted by Crippen LogP contribution is 2.16. The van der Waals surface area contributed by atoms with E-state index in [4.69, 9.17) is 4.74 Å². The maximum Gasteiger partial charge on any atom is 0.318 e. The number of amides is 2. The molecule has 0 aliphatic heterocycles. The van der Waals surface area contributed by atoms with Gasteiger partial charge in [-0.15, -0.1) is 0 Å². The largest absolute Gasteiger partial charge is 0.385 e. The molecule has 1 rings (SSSR count). The minimum absolute atomic E-state index is 0.117. The Kier molecular flexibility index (Phi) is 5.63. The van der Waals surface area contributed by atoms with E-state index < -0.39 is 0 Å². The van der Waals surface area contributed by atoms with E-state index in [1.807, 2.05) is 24.3 Å². The summed E-state index contributed by atoms with van der Waals surface area (Å²) in [6, 6.07) is 7.37. The van der Waals surface area contributed by atoms with Crippen molar-refractivity contribution in [1.29, 1.82) is 0 Å². The number of carbonyl (C=O) groups is 1. The van der Waals surface area contributed by atoms with E-state index in [2.05, 4.69) is 29.8 Å². The molecule has 0 saturated carbocycles. The Labute approximate surface area is 114 Å². The molecular formula is C14H23N3O2. The van der Waals surface area contributed by atoms with Gasteiger partial charge in [0.05, 0.1) is 5.60 Å². The SMILES string of the molecule is CNC(=O)Nc1ccc(NCCC(C)(C)OC)cc1. The van der Waals surface area contributed by atoms with Gasteiger partial charge in [0.2, 0.25) is 0 Å². The van der Waals surface area contributed by atoms with Crippen LogP contribution in [-0.2, 0) is 4.74 Å². The van der Waals surface area contributed by atoms with E-state index in [0.29, 0.717) is 0 Å². The zero-order valence-electron chi connectivity index (χ0n) is 12.0. The molecule has 0 heterocycles. The molecule has 5 nitrogen and oxygen atoms in total. The van der Waals surface area contributed by atoms with Gasteiger partial charge in [-0.05, 0) is 44.5 Å². The standard InChI is InChI=1S/C14H23N3O2/c1-14(2,19-4)9-10-16-11-5-7-12(8-6-11)17-13(18)15-3/h5-8,16H,9-10H2,1-4H3,(H2,15,17,18). The van der Waals surface area contributed by atoms with Crippen LogP contribution in [0.4, 0.5) is 16.2 Å². The van der Waals surface area contributed by atoms with Crippen LogP contribution in [0.2, 0.25) is 0 Å². The molecule has 0 aliphatic carbocycles. The molecule has 106 valence electrons. The Morgan fingerprint density at radius 1 is 1.21 bits per heavy atom. The van der Waals surface area contributed by atoms with Crippen LogP contribution < -0.4 is 16.0 Å². The number of carbonyl (C=O) groups excluding carboxylic acids is 1. The summed E-state index contributed by atoms with van der Waals surface area (Å²) in [6.07, 6.45) is 0.918. The van der Waals surface area contributed by atoms with E-state index >= 15 is 0 Å². The Morgan fingerprint density at radius 2 is 1.79 bits per heavy atom. The predicted molar refractivity (Wildman–Crippen MR) is 78.7 cm³/mol. The summed E-state index contributed by atoms with van der Waals surface area (Å²) in [4.78, 5) is 11.1. The molecule has 0 saturated heterocycles. The highest BCUT2D eigenvalue weighted by molar-refractivity contribution is 5.89. The lowest BCUT2D eigenvalue weighted by Crippen LogP contribution is -2.25. The van der Waals surface area contributed by atoms with Gasteiger partial charge >= 0.3 is 6.03 Å². The van der Waals surface area contributed by atoms with Crippen molar-refractivity contribution >= 4 is 17.4 Å². The van der Waals surface area contributed by atoms with Crippen LogP contribution in [0.3, 0.4) is 0 Å². The number of ether oxygens (including phenoxy) is 1. The average molecular weight is 265 g/mol. The molecule has 5 heteroatoms. The predicted octanol–water partition coefficient (Wildman–Crippen LogP) is 2.66.